The number of amides is 1. The van der Waals surface area contributed by atoms with Gasteiger partial charge in [0.15, 0.2) is 0 Å². The highest BCUT2D eigenvalue weighted by molar-refractivity contribution is 6.09. The second kappa shape index (κ2) is 8.02. The third kappa shape index (κ3) is 4.90. The normalized spacial score (nSPS) is 11.8. The number of carbonyl (C=O) groups excluding carboxylic acids is 1. The van der Waals surface area contributed by atoms with Crippen LogP contribution in [0.25, 0.3) is 17.4 Å². The zero-order valence-electron chi connectivity index (χ0n) is 14.6. The third-order valence-electron chi connectivity index (χ3n) is 3.85. The molecular weight excluding hydrogens is 388 g/mol. The summed E-state index contributed by atoms with van der Waals surface area (Å²) in [6.45, 7) is 0. The van der Waals surface area contributed by atoms with Gasteiger partial charge in [0.05, 0.1) is 5.56 Å². The first-order valence-electron chi connectivity index (χ1n) is 8.22. The quantitative estimate of drug-likeness (QED) is 0.350. The SMILES string of the molecule is N#C/C(=C\c1ccc(-c2cccc(C(F)(F)F)c2)o1)C(=O)Nc1ccc(F)cc1. The highest BCUT2D eigenvalue weighted by Gasteiger charge is 2.30. The molecule has 8 heteroatoms. The molecule has 3 aromatic rings. The van der Waals surface area contributed by atoms with Crippen molar-refractivity contribution in [1.29, 1.82) is 5.26 Å². The molecular formula is C21H12F4N2O2. The van der Waals surface area contributed by atoms with Crippen LogP contribution in [-0.4, -0.2) is 5.91 Å². The van der Waals surface area contributed by atoms with E-state index in [4.69, 9.17) is 4.42 Å². The van der Waals surface area contributed by atoms with E-state index >= 15 is 0 Å². The van der Waals surface area contributed by atoms with E-state index in [1.54, 1.807) is 6.07 Å². The summed E-state index contributed by atoms with van der Waals surface area (Å²) in [7, 11) is 0. The lowest BCUT2D eigenvalue weighted by Gasteiger charge is -2.07. The summed E-state index contributed by atoms with van der Waals surface area (Å²) in [6.07, 6.45) is -3.33. The number of halogens is 4. The van der Waals surface area contributed by atoms with Gasteiger partial charge < -0.3 is 9.73 Å². The molecule has 4 nitrogen and oxygen atoms in total. The van der Waals surface area contributed by atoms with Crippen molar-refractivity contribution in [1.82, 2.24) is 0 Å². The monoisotopic (exact) mass is 400 g/mol. The van der Waals surface area contributed by atoms with Crippen LogP contribution in [0.15, 0.2) is 70.7 Å². The number of nitrogens with one attached hydrogen (secondary N) is 1. The predicted octanol–water partition coefficient (Wildman–Crippen LogP) is 5.65. The highest BCUT2D eigenvalue weighted by Crippen LogP contribution is 2.32. The van der Waals surface area contributed by atoms with Gasteiger partial charge in [0, 0.05) is 17.3 Å². The van der Waals surface area contributed by atoms with Gasteiger partial charge in [-0.1, -0.05) is 12.1 Å². The van der Waals surface area contributed by atoms with E-state index in [0.29, 0.717) is 5.69 Å². The average Bonchev–Trinajstić information content (AvgIpc) is 3.16. The van der Waals surface area contributed by atoms with Crippen LogP contribution in [0.1, 0.15) is 11.3 Å². The molecule has 1 heterocycles. The Bertz CT molecular complexity index is 1110. The minimum absolute atomic E-state index is 0.114. The molecule has 29 heavy (non-hydrogen) atoms. The lowest BCUT2D eigenvalue weighted by atomic mass is 10.1. The Labute approximate surface area is 162 Å². The largest absolute Gasteiger partial charge is 0.457 e. The number of furan rings is 1. The number of alkyl halides is 3. The van der Waals surface area contributed by atoms with Gasteiger partial charge in [-0.15, -0.1) is 0 Å². The van der Waals surface area contributed by atoms with Crippen molar-refractivity contribution < 1.29 is 26.8 Å². The summed E-state index contributed by atoms with van der Waals surface area (Å²) in [4.78, 5) is 12.2. The van der Waals surface area contributed by atoms with Gasteiger partial charge in [0.2, 0.25) is 0 Å². The summed E-state index contributed by atoms with van der Waals surface area (Å²) in [5.74, 6) is -0.949. The number of benzene rings is 2. The molecule has 0 saturated carbocycles. The van der Waals surface area contributed by atoms with E-state index in [0.717, 1.165) is 30.3 Å². The molecule has 0 aliphatic rings. The van der Waals surface area contributed by atoms with Crippen molar-refractivity contribution in [3.05, 3.63) is 83.4 Å². The molecule has 0 fully saturated rings. The van der Waals surface area contributed by atoms with Crippen LogP contribution < -0.4 is 5.32 Å². The van der Waals surface area contributed by atoms with Crippen molar-refractivity contribution in [2.45, 2.75) is 6.18 Å². The molecule has 0 spiro atoms. The summed E-state index contributed by atoms with van der Waals surface area (Å²) in [6, 6.07) is 14.2. The zero-order valence-corrected chi connectivity index (χ0v) is 14.6. The Kier molecular flexibility index (Phi) is 5.50. The number of hydrogen-bond donors (Lipinski definition) is 1. The second-order valence-electron chi connectivity index (χ2n) is 5.91. The topological polar surface area (TPSA) is 66.0 Å². The summed E-state index contributed by atoms with van der Waals surface area (Å²) >= 11 is 0. The molecule has 0 aliphatic heterocycles. The van der Waals surface area contributed by atoms with E-state index in [1.165, 1.54) is 36.4 Å². The predicted molar refractivity (Wildman–Crippen MR) is 97.8 cm³/mol. The fourth-order valence-corrected chi connectivity index (χ4v) is 2.46. The maximum atomic E-state index is 12.9. The minimum atomic E-state index is -4.49. The summed E-state index contributed by atoms with van der Waals surface area (Å²) < 4.78 is 56.9. The van der Waals surface area contributed by atoms with Crippen LogP contribution in [0.3, 0.4) is 0 Å². The number of hydrogen-bond acceptors (Lipinski definition) is 3. The molecule has 1 amide bonds. The van der Waals surface area contributed by atoms with Crippen LogP contribution in [0.5, 0.6) is 0 Å². The van der Waals surface area contributed by atoms with Gasteiger partial charge in [-0.05, 0) is 48.5 Å². The molecule has 3 rings (SSSR count). The molecule has 1 aromatic heterocycles. The highest BCUT2D eigenvalue weighted by atomic mass is 19.4. The Morgan fingerprint density at radius 3 is 2.45 bits per heavy atom. The third-order valence-corrected chi connectivity index (χ3v) is 3.85. The molecule has 0 aliphatic carbocycles. The Morgan fingerprint density at radius 1 is 1.07 bits per heavy atom. The first kappa shape index (κ1) is 19.9. The minimum Gasteiger partial charge on any atom is -0.457 e. The maximum absolute atomic E-state index is 12.9. The first-order chi connectivity index (χ1) is 13.8. The molecule has 1 N–H and O–H groups in total. The van der Waals surface area contributed by atoms with Crippen LogP contribution in [0.2, 0.25) is 0 Å². The second-order valence-corrected chi connectivity index (χ2v) is 5.91. The molecule has 0 unspecified atom stereocenters. The molecule has 0 atom stereocenters. The van der Waals surface area contributed by atoms with E-state index in [1.807, 2.05) is 0 Å². The fourth-order valence-electron chi connectivity index (χ4n) is 2.46. The Morgan fingerprint density at radius 2 is 1.79 bits per heavy atom. The summed E-state index contributed by atoms with van der Waals surface area (Å²) in [5.41, 5.74) is -0.616. The summed E-state index contributed by atoms with van der Waals surface area (Å²) in [5, 5.41) is 11.7. The van der Waals surface area contributed by atoms with Crippen LogP contribution in [0.4, 0.5) is 23.2 Å². The molecule has 146 valence electrons. The fraction of sp³-hybridized carbons (Fsp3) is 0.0476. The Hall–Kier alpha value is -3.86. The number of carbonyl (C=O) groups is 1. The van der Waals surface area contributed by atoms with Crippen molar-refractivity contribution in [3.8, 4) is 17.4 Å². The first-order valence-corrected chi connectivity index (χ1v) is 8.22. The smallest absolute Gasteiger partial charge is 0.416 e. The van der Waals surface area contributed by atoms with Crippen LogP contribution in [-0.2, 0) is 11.0 Å². The van der Waals surface area contributed by atoms with Crippen molar-refractivity contribution in [2.24, 2.45) is 0 Å². The van der Waals surface area contributed by atoms with Crippen LogP contribution >= 0.6 is 0 Å². The van der Waals surface area contributed by atoms with Crippen LogP contribution in [0, 0.1) is 17.1 Å². The van der Waals surface area contributed by atoms with E-state index in [9.17, 15) is 27.6 Å². The number of anilines is 1. The van der Waals surface area contributed by atoms with E-state index in [-0.39, 0.29) is 22.7 Å². The molecule has 0 radical (unpaired) electrons. The van der Waals surface area contributed by atoms with Gasteiger partial charge in [0.1, 0.15) is 29.0 Å². The lowest BCUT2D eigenvalue weighted by molar-refractivity contribution is -0.137. The van der Waals surface area contributed by atoms with Crippen molar-refractivity contribution in [3.63, 3.8) is 0 Å². The maximum Gasteiger partial charge on any atom is 0.416 e. The standard InChI is InChI=1S/C21H12F4N2O2/c22-16-4-6-17(7-5-16)27-20(28)14(12-26)11-18-8-9-19(29-18)13-2-1-3-15(10-13)21(23,24)25/h1-11H,(H,27,28)/b14-11+. The van der Waals surface area contributed by atoms with Crippen molar-refractivity contribution in [2.75, 3.05) is 5.32 Å². The Balaban J connectivity index is 1.81. The van der Waals surface area contributed by atoms with E-state index in [2.05, 4.69) is 5.32 Å². The lowest BCUT2D eigenvalue weighted by Crippen LogP contribution is -2.13. The van der Waals surface area contributed by atoms with Gasteiger partial charge >= 0.3 is 6.18 Å². The molecule has 0 bridgehead atoms. The molecule has 0 saturated heterocycles. The number of nitriles is 1. The number of rotatable bonds is 4. The van der Waals surface area contributed by atoms with Gasteiger partial charge in [-0.2, -0.15) is 18.4 Å². The van der Waals surface area contributed by atoms with Gasteiger partial charge in [-0.25, -0.2) is 4.39 Å². The van der Waals surface area contributed by atoms with E-state index < -0.39 is 23.5 Å². The molecule has 2 aromatic carbocycles. The van der Waals surface area contributed by atoms with Gasteiger partial charge in [0.25, 0.3) is 5.91 Å². The van der Waals surface area contributed by atoms with Gasteiger partial charge in [-0.3, -0.25) is 4.79 Å². The zero-order chi connectivity index (χ0) is 21.0. The average molecular weight is 400 g/mol. The number of nitrogens with zero attached hydrogens (tertiary/aromatic N) is 1. The van der Waals surface area contributed by atoms with Crippen molar-refractivity contribution >= 4 is 17.7 Å².